The number of hydrogen-bond donors (Lipinski definition) is 0. The van der Waals surface area contributed by atoms with Crippen LogP contribution in [0.15, 0.2) is 54.6 Å². The van der Waals surface area contributed by atoms with Gasteiger partial charge in [-0.25, -0.2) is 4.98 Å². The highest BCUT2D eigenvalue weighted by atomic mass is 16.5. The van der Waals surface area contributed by atoms with Crippen molar-refractivity contribution < 1.29 is 14.3 Å². The number of aryl methyl sites for hydroxylation is 1. The summed E-state index contributed by atoms with van der Waals surface area (Å²) in [7, 11) is 1.42. The van der Waals surface area contributed by atoms with Crippen LogP contribution >= 0.6 is 0 Å². The summed E-state index contributed by atoms with van der Waals surface area (Å²) in [5.41, 5.74) is 3.01. The van der Waals surface area contributed by atoms with Crippen LogP contribution in [-0.4, -0.2) is 46.5 Å². The van der Waals surface area contributed by atoms with Crippen LogP contribution in [0.4, 0.5) is 0 Å². The average molecular weight is 391 g/mol. The van der Waals surface area contributed by atoms with Crippen LogP contribution in [0.3, 0.4) is 0 Å². The van der Waals surface area contributed by atoms with Crippen LogP contribution < -0.4 is 0 Å². The summed E-state index contributed by atoms with van der Waals surface area (Å²) < 4.78 is 6.95. The lowest BCUT2D eigenvalue weighted by Crippen LogP contribution is -2.40. The van der Waals surface area contributed by atoms with Crippen molar-refractivity contribution in [2.24, 2.45) is 5.92 Å². The summed E-state index contributed by atoms with van der Waals surface area (Å²) in [5.74, 6) is 0.732. The molecule has 1 fully saturated rings. The van der Waals surface area contributed by atoms with Crippen LogP contribution in [0.1, 0.15) is 25.1 Å². The van der Waals surface area contributed by atoms with Gasteiger partial charge in [0.2, 0.25) is 5.91 Å². The molecule has 1 aliphatic heterocycles. The number of ether oxygens (including phenoxy) is 1. The number of aromatic nitrogens is 2. The van der Waals surface area contributed by atoms with Gasteiger partial charge in [0.25, 0.3) is 0 Å². The molecule has 0 atom stereocenters. The molecule has 1 aromatic heterocycles. The Balaban J connectivity index is 1.48. The number of amides is 1. The standard InChI is InChI=1S/C23H25N3O3/c1-29-23(28)17-13-15-25(16-14-17)22(27)12-11-21-24-19-9-5-6-10-20(19)26(21)18-7-3-2-4-8-18/h2-10,17H,11-16H2,1H3. The average Bonchev–Trinajstić information content (AvgIpc) is 3.16. The van der Waals surface area contributed by atoms with E-state index >= 15 is 0 Å². The molecule has 0 N–H and O–H groups in total. The topological polar surface area (TPSA) is 64.4 Å². The van der Waals surface area contributed by atoms with Crippen LogP contribution in [0, 0.1) is 5.92 Å². The first kappa shape index (κ1) is 19.2. The third kappa shape index (κ3) is 4.01. The second-order valence-corrected chi connectivity index (χ2v) is 7.37. The van der Waals surface area contributed by atoms with E-state index in [9.17, 15) is 9.59 Å². The summed E-state index contributed by atoms with van der Waals surface area (Å²) in [6, 6.07) is 18.1. The van der Waals surface area contributed by atoms with Gasteiger partial charge < -0.3 is 9.64 Å². The van der Waals surface area contributed by atoms with E-state index in [1.165, 1.54) is 7.11 Å². The lowest BCUT2D eigenvalue weighted by Gasteiger charge is -2.30. The zero-order chi connectivity index (χ0) is 20.2. The Morgan fingerprint density at radius 3 is 2.45 bits per heavy atom. The number of esters is 1. The molecule has 0 radical (unpaired) electrons. The number of carbonyl (C=O) groups is 2. The lowest BCUT2D eigenvalue weighted by molar-refractivity contribution is -0.148. The zero-order valence-electron chi connectivity index (χ0n) is 16.6. The Labute approximate surface area is 170 Å². The first-order valence-corrected chi connectivity index (χ1v) is 10.0. The maximum Gasteiger partial charge on any atom is 0.308 e. The highest BCUT2D eigenvalue weighted by molar-refractivity contribution is 5.80. The van der Waals surface area contributed by atoms with E-state index in [0.29, 0.717) is 38.8 Å². The van der Waals surface area contributed by atoms with Crippen molar-refractivity contribution >= 4 is 22.9 Å². The Morgan fingerprint density at radius 1 is 1.03 bits per heavy atom. The minimum atomic E-state index is -0.173. The molecule has 1 aliphatic rings. The lowest BCUT2D eigenvalue weighted by atomic mass is 9.97. The molecular weight excluding hydrogens is 366 g/mol. The number of imidazole rings is 1. The number of para-hydroxylation sites is 3. The molecule has 4 rings (SSSR count). The van der Waals surface area contributed by atoms with Gasteiger partial charge in [0, 0.05) is 31.6 Å². The Hall–Kier alpha value is -3.15. The number of benzene rings is 2. The summed E-state index contributed by atoms with van der Waals surface area (Å²) in [4.78, 5) is 31.1. The molecule has 150 valence electrons. The maximum atomic E-state index is 12.8. The highest BCUT2D eigenvalue weighted by Gasteiger charge is 2.28. The number of hydrogen-bond acceptors (Lipinski definition) is 4. The van der Waals surface area contributed by atoms with Gasteiger partial charge in [0.15, 0.2) is 0 Å². The van der Waals surface area contributed by atoms with Crippen molar-refractivity contribution in [1.82, 2.24) is 14.5 Å². The summed E-state index contributed by atoms with van der Waals surface area (Å²) in [6.45, 7) is 1.21. The molecule has 2 aromatic carbocycles. The summed E-state index contributed by atoms with van der Waals surface area (Å²) >= 11 is 0. The van der Waals surface area contributed by atoms with Gasteiger partial charge in [-0.1, -0.05) is 30.3 Å². The molecule has 0 spiro atoms. The summed E-state index contributed by atoms with van der Waals surface area (Å²) in [5, 5.41) is 0. The predicted octanol–water partition coefficient (Wildman–Crippen LogP) is 3.37. The monoisotopic (exact) mass is 391 g/mol. The quantitative estimate of drug-likeness (QED) is 0.626. The predicted molar refractivity (Wildman–Crippen MR) is 111 cm³/mol. The molecule has 6 heteroatoms. The normalized spacial score (nSPS) is 14.9. The van der Waals surface area contributed by atoms with Gasteiger partial charge >= 0.3 is 5.97 Å². The van der Waals surface area contributed by atoms with E-state index in [2.05, 4.69) is 22.8 Å². The fourth-order valence-corrected chi connectivity index (χ4v) is 4.02. The van der Waals surface area contributed by atoms with E-state index in [4.69, 9.17) is 9.72 Å². The van der Waals surface area contributed by atoms with Gasteiger partial charge in [0.1, 0.15) is 5.82 Å². The molecule has 1 saturated heterocycles. The number of likely N-dealkylation sites (tertiary alicyclic amines) is 1. The molecule has 6 nitrogen and oxygen atoms in total. The molecule has 1 amide bonds. The Morgan fingerprint density at radius 2 is 1.72 bits per heavy atom. The number of fused-ring (bicyclic) bond motifs is 1. The molecular formula is C23H25N3O3. The molecule has 0 saturated carbocycles. The minimum absolute atomic E-state index is 0.0914. The highest BCUT2D eigenvalue weighted by Crippen LogP contribution is 2.23. The molecule has 0 bridgehead atoms. The Kier molecular flexibility index (Phi) is 5.60. The third-order valence-electron chi connectivity index (χ3n) is 5.59. The Bertz CT molecular complexity index is 1000. The molecule has 2 heterocycles. The van der Waals surface area contributed by atoms with Crippen LogP contribution in [-0.2, 0) is 20.7 Å². The van der Waals surface area contributed by atoms with E-state index in [1.807, 2.05) is 41.3 Å². The van der Waals surface area contributed by atoms with E-state index in [1.54, 1.807) is 0 Å². The fourth-order valence-electron chi connectivity index (χ4n) is 4.02. The van der Waals surface area contributed by atoms with Crippen molar-refractivity contribution in [3.05, 3.63) is 60.4 Å². The number of nitrogens with zero attached hydrogens (tertiary/aromatic N) is 3. The van der Waals surface area contributed by atoms with Gasteiger partial charge in [0.05, 0.1) is 24.1 Å². The van der Waals surface area contributed by atoms with Gasteiger partial charge in [-0.15, -0.1) is 0 Å². The number of rotatable bonds is 5. The van der Waals surface area contributed by atoms with Crippen molar-refractivity contribution in [1.29, 1.82) is 0 Å². The minimum Gasteiger partial charge on any atom is -0.469 e. The van der Waals surface area contributed by atoms with Gasteiger partial charge in [-0.2, -0.15) is 0 Å². The van der Waals surface area contributed by atoms with Crippen LogP contribution in [0.2, 0.25) is 0 Å². The fraction of sp³-hybridized carbons (Fsp3) is 0.348. The van der Waals surface area contributed by atoms with E-state index in [-0.39, 0.29) is 17.8 Å². The second kappa shape index (κ2) is 8.47. The van der Waals surface area contributed by atoms with Crippen molar-refractivity contribution in [2.45, 2.75) is 25.7 Å². The molecule has 0 unspecified atom stereocenters. The number of carbonyl (C=O) groups excluding carboxylic acids is 2. The zero-order valence-corrected chi connectivity index (χ0v) is 16.6. The van der Waals surface area contributed by atoms with Gasteiger partial charge in [-0.3, -0.25) is 14.2 Å². The maximum absolute atomic E-state index is 12.8. The molecule has 0 aliphatic carbocycles. The smallest absolute Gasteiger partial charge is 0.308 e. The first-order chi connectivity index (χ1) is 14.2. The molecule has 3 aromatic rings. The van der Waals surface area contributed by atoms with Crippen molar-refractivity contribution in [3.63, 3.8) is 0 Å². The van der Waals surface area contributed by atoms with Crippen LogP contribution in [0.5, 0.6) is 0 Å². The largest absolute Gasteiger partial charge is 0.469 e. The molecule has 29 heavy (non-hydrogen) atoms. The first-order valence-electron chi connectivity index (χ1n) is 10.0. The second-order valence-electron chi connectivity index (χ2n) is 7.37. The van der Waals surface area contributed by atoms with Crippen LogP contribution in [0.25, 0.3) is 16.7 Å². The SMILES string of the molecule is COC(=O)C1CCN(C(=O)CCc2nc3ccccc3n2-c2ccccc2)CC1. The van der Waals surface area contributed by atoms with Crippen molar-refractivity contribution in [2.75, 3.05) is 20.2 Å². The third-order valence-corrected chi connectivity index (χ3v) is 5.59. The number of piperidine rings is 1. The van der Waals surface area contributed by atoms with Gasteiger partial charge in [-0.05, 0) is 37.1 Å². The van der Waals surface area contributed by atoms with E-state index in [0.717, 1.165) is 22.5 Å². The number of methoxy groups -OCH3 is 1. The summed E-state index contributed by atoms with van der Waals surface area (Å²) in [6.07, 6.45) is 2.31. The van der Waals surface area contributed by atoms with Crippen molar-refractivity contribution in [3.8, 4) is 5.69 Å². The van der Waals surface area contributed by atoms with E-state index < -0.39 is 0 Å².